The van der Waals surface area contributed by atoms with Crippen molar-refractivity contribution < 1.29 is 0 Å². The van der Waals surface area contributed by atoms with E-state index in [0.29, 0.717) is 0 Å². The van der Waals surface area contributed by atoms with Crippen LogP contribution in [0.2, 0.25) is 0 Å². The molecule has 4 aliphatic rings. The van der Waals surface area contributed by atoms with E-state index in [2.05, 4.69) is 41.4 Å². The molecule has 1 N–H and O–H groups in total. The van der Waals surface area contributed by atoms with Gasteiger partial charge in [0.15, 0.2) is 0 Å². The molecule has 1 aromatic rings. The van der Waals surface area contributed by atoms with E-state index in [0.717, 1.165) is 24.2 Å². The summed E-state index contributed by atoms with van der Waals surface area (Å²) in [7, 11) is 0. The maximum absolute atomic E-state index is 3.77. The second-order valence-electron chi connectivity index (χ2n) is 6.00. The number of nitrogens with one attached hydrogen (secondary N) is 1. The molecule has 0 amide bonds. The van der Waals surface area contributed by atoms with E-state index >= 15 is 0 Å². The monoisotopic (exact) mass is 228 g/mol. The Morgan fingerprint density at radius 3 is 2.18 bits per heavy atom. The molecule has 0 spiro atoms. The predicted octanol–water partition coefficient (Wildman–Crippen LogP) is 2.47. The average molecular weight is 228 g/mol. The third-order valence-corrected chi connectivity index (χ3v) is 4.88. The first-order chi connectivity index (χ1) is 8.31. The Balaban J connectivity index is 1.73. The Labute approximate surface area is 103 Å². The van der Waals surface area contributed by atoms with E-state index in [1.807, 2.05) is 0 Å². The quantitative estimate of drug-likeness (QED) is 0.794. The fourth-order valence-electron chi connectivity index (χ4n) is 4.30. The summed E-state index contributed by atoms with van der Waals surface area (Å²) in [5.41, 5.74) is 2.93. The number of benzene rings is 1. The zero-order valence-corrected chi connectivity index (χ0v) is 10.4. The van der Waals surface area contributed by atoms with E-state index in [4.69, 9.17) is 0 Å². The van der Waals surface area contributed by atoms with E-state index in [9.17, 15) is 0 Å². The minimum absolute atomic E-state index is 0.792. The first-order valence-corrected chi connectivity index (χ1v) is 6.91. The number of hydrogen-bond acceptors (Lipinski definition) is 2. The molecule has 2 nitrogen and oxygen atoms in total. The summed E-state index contributed by atoms with van der Waals surface area (Å²) in [5, 5.41) is 3.77. The van der Waals surface area contributed by atoms with Gasteiger partial charge in [0.05, 0.1) is 0 Å². The van der Waals surface area contributed by atoms with Crippen molar-refractivity contribution in [2.75, 3.05) is 4.90 Å². The summed E-state index contributed by atoms with van der Waals surface area (Å²) in [4.78, 5) is 2.74. The van der Waals surface area contributed by atoms with Gasteiger partial charge in [0.2, 0.25) is 0 Å². The molecule has 4 bridgehead atoms. The summed E-state index contributed by atoms with van der Waals surface area (Å²) in [5.74, 6) is 0. The summed E-state index contributed by atoms with van der Waals surface area (Å²) < 4.78 is 0. The SMILES string of the molecule is Cc1ccccc1N1C2CC3CC1CC(C2)N3. The smallest absolute Gasteiger partial charge is 0.0400 e. The first-order valence-electron chi connectivity index (χ1n) is 6.91. The zero-order chi connectivity index (χ0) is 11.4. The molecule has 0 aliphatic carbocycles. The Hall–Kier alpha value is -1.02. The highest BCUT2D eigenvalue weighted by atomic mass is 15.3. The van der Waals surface area contributed by atoms with Crippen LogP contribution in [0.1, 0.15) is 31.2 Å². The van der Waals surface area contributed by atoms with E-state index in [1.165, 1.54) is 36.9 Å². The molecule has 1 aromatic carbocycles. The van der Waals surface area contributed by atoms with Crippen LogP contribution >= 0.6 is 0 Å². The summed E-state index contributed by atoms with van der Waals surface area (Å²) in [6, 6.07) is 12.1. The lowest BCUT2D eigenvalue weighted by Crippen LogP contribution is -2.67. The summed E-state index contributed by atoms with van der Waals surface area (Å²) in [6.07, 6.45) is 5.39. The molecule has 4 saturated heterocycles. The topological polar surface area (TPSA) is 15.3 Å². The second kappa shape index (κ2) is 3.49. The van der Waals surface area contributed by atoms with Gasteiger partial charge in [-0.15, -0.1) is 0 Å². The number of aryl methyl sites for hydroxylation is 1. The molecule has 0 saturated carbocycles. The Kier molecular flexibility index (Phi) is 2.04. The molecule has 0 unspecified atom stereocenters. The van der Waals surface area contributed by atoms with Crippen LogP contribution in [0.15, 0.2) is 24.3 Å². The molecule has 4 heterocycles. The minimum atomic E-state index is 0.792. The van der Waals surface area contributed by atoms with E-state index < -0.39 is 0 Å². The van der Waals surface area contributed by atoms with Crippen LogP contribution in [-0.4, -0.2) is 24.2 Å². The van der Waals surface area contributed by atoms with Gasteiger partial charge in [-0.3, -0.25) is 0 Å². The zero-order valence-electron chi connectivity index (χ0n) is 10.4. The molecule has 5 rings (SSSR count). The van der Waals surface area contributed by atoms with Crippen molar-refractivity contribution in [3.63, 3.8) is 0 Å². The van der Waals surface area contributed by atoms with Crippen LogP contribution in [-0.2, 0) is 0 Å². The van der Waals surface area contributed by atoms with Crippen molar-refractivity contribution in [3.05, 3.63) is 29.8 Å². The van der Waals surface area contributed by atoms with Gasteiger partial charge in [-0.2, -0.15) is 0 Å². The van der Waals surface area contributed by atoms with Gasteiger partial charge in [-0.05, 0) is 44.2 Å². The van der Waals surface area contributed by atoms with Gasteiger partial charge >= 0.3 is 0 Å². The van der Waals surface area contributed by atoms with Crippen molar-refractivity contribution in [1.29, 1.82) is 0 Å². The van der Waals surface area contributed by atoms with Crippen molar-refractivity contribution in [2.45, 2.75) is 56.8 Å². The molecule has 17 heavy (non-hydrogen) atoms. The fourth-order valence-corrected chi connectivity index (χ4v) is 4.30. The largest absolute Gasteiger partial charge is 0.365 e. The van der Waals surface area contributed by atoms with Crippen LogP contribution in [0.5, 0.6) is 0 Å². The van der Waals surface area contributed by atoms with Crippen LogP contribution in [0, 0.1) is 6.92 Å². The second-order valence-corrected chi connectivity index (χ2v) is 6.00. The van der Waals surface area contributed by atoms with Crippen molar-refractivity contribution >= 4 is 5.69 Å². The average Bonchev–Trinajstić information content (AvgIpc) is 2.30. The number of anilines is 1. The minimum Gasteiger partial charge on any atom is -0.365 e. The number of nitrogens with zero attached hydrogens (tertiary/aromatic N) is 1. The van der Waals surface area contributed by atoms with Crippen LogP contribution in [0.3, 0.4) is 0 Å². The maximum atomic E-state index is 3.77. The van der Waals surface area contributed by atoms with Crippen molar-refractivity contribution in [1.82, 2.24) is 5.32 Å². The van der Waals surface area contributed by atoms with Gasteiger partial charge < -0.3 is 10.2 Å². The molecule has 0 atom stereocenters. The Bertz CT molecular complexity index is 412. The number of piperidine rings is 4. The summed E-state index contributed by atoms with van der Waals surface area (Å²) in [6.45, 7) is 2.25. The molecule has 90 valence electrons. The normalized spacial score (nSPS) is 38.8. The lowest BCUT2D eigenvalue weighted by molar-refractivity contribution is 0.134. The Morgan fingerprint density at radius 2 is 1.59 bits per heavy atom. The van der Waals surface area contributed by atoms with Crippen LogP contribution < -0.4 is 10.2 Å². The van der Waals surface area contributed by atoms with Gasteiger partial charge in [0, 0.05) is 29.9 Å². The van der Waals surface area contributed by atoms with Gasteiger partial charge in [-0.25, -0.2) is 0 Å². The third kappa shape index (κ3) is 1.43. The number of hydrogen-bond donors (Lipinski definition) is 1. The highest BCUT2D eigenvalue weighted by molar-refractivity contribution is 5.56. The highest BCUT2D eigenvalue weighted by Crippen LogP contribution is 2.42. The molecular weight excluding hydrogens is 208 g/mol. The lowest BCUT2D eigenvalue weighted by atomic mass is 9.74. The lowest BCUT2D eigenvalue weighted by Gasteiger charge is -2.58. The predicted molar refractivity (Wildman–Crippen MR) is 70.4 cm³/mol. The van der Waals surface area contributed by atoms with Gasteiger partial charge in [-0.1, -0.05) is 18.2 Å². The first kappa shape index (κ1) is 9.95. The number of para-hydroxylation sites is 1. The molecular formula is C15H20N2. The van der Waals surface area contributed by atoms with Crippen LogP contribution in [0.25, 0.3) is 0 Å². The van der Waals surface area contributed by atoms with Gasteiger partial charge in [0.25, 0.3) is 0 Å². The van der Waals surface area contributed by atoms with E-state index in [1.54, 1.807) is 0 Å². The maximum Gasteiger partial charge on any atom is 0.0400 e. The summed E-state index contributed by atoms with van der Waals surface area (Å²) >= 11 is 0. The number of rotatable bonds is 1. The molecule has 2 heteroatoms. The third-order valence-electron chi connectivity index (χ3n) is 4.88. The molecule has 4 fully saturated rings. The fraction of sp³-hybridized carbons (Fsp3) is 0.600. The van der Waals surface area contributed by atoms with Crippen molar-refractivity contribution in [3.8, 4) is 0 Å². The Morgan fingerprint density at radius 1 is 1.00 bits per heavy atom. The van der Waals surface area contributed by atoms with Gasteiger partial charge in [0.1, 0.15) is 0 Å². The molecule has 4 aliphatic heterocycles. The molecule has 0 aromatic heterocycles. The van der Waals surface area contributed by atoms with Crippen LogP contribution in [0.4, 0.5) is 5.69 Å². The highest BCUT2D eigenvalue weighted by Gasteiger charge is 2.46. The van der Waals surface area contributed by atoms with Crippen molar-refractivity contribution in [2.24, 2.45) is 0 Å². The van der Waals surface area contributed by atoms with E-state index in [-0.39, 0.29) is 0 Å². The standard InChI is InChI=1S/C15H20N2/c1-10-4-2-3-5-15(10)17-13-6-11-7-14(17)9-12(8-13)16-11/h2-5,11-14,16H,6-9H2,1H3. The molecule has 0 radical (unpaired) electrons.